The number of nitrogens with one attached hydrogen (secondary N) is 1. The highest BCUT2D eigenvalue weighted by atomic mass is 16.5. The minimum Gasteiger partial charge on any atom is -0.497 e. The zero-order valence-electron chi connectivity index (χ0n) is 9.07. The largest absolute Gasteiger partial charge is 0.497 e. The Morgan fingerprint density at radius 3 is 3.06 bits per heavy atom. The third-order valence-electron chi connectivity index (χ3n) is 2.60. The molecule has 0 spiro atoms. The van der Waals surface area contributed by atoms with Gasteiger partial charge in [-0.05, 0) is 30.2 Å². The molecule has 4 heteroatoms. The van der Waals surface area contributed by atoms with Gasteiger partial charge in [-0.1, -0.05) is 0 Å². The van der Waals surface area contributed by atoms with Crippen molar-refractivity contribution in [2.45, 2.75) is 12.5 Å². The summed E-state index contributed by atoms with van der Waals surface area (Å²) in [6.45, 7) is 0. The van der Waals surface area contributed by atoms with Crippen LogP contribution in [0.25, 0.3) is 10.9 Å². The number of hydrogen-bond donors (Lipinski definition) is 2. The SMILES string of the molecule is COc1ccc2[nH]cc(C[C@@H](N)C=O)c2c1. The lowest BCUT2D eigenvalue weighted by atomic mass is 10.1. The number of aromatic amines is 1. The van der Waals surface area contributed by atoms with E-state index >= 15 is 0 Å². The van der Waals surface area contributed by atoms with E-state index in [4.69, 9.17) is 10.5 Å². The highest BCUT2D eigenvalue weighted by molar-refractivity contribution is 5.85. The van der Waals surface area contributed by atoms with Crippen LogP contribution in [-0.2, 0) is 11.2 Å². The molecule has 0 unspecified atom stereocenters. The lowest BCUT2D eigenvalue weighted by Gasteiger charge is -2.03. The Bertz CT molecular complexity index is 505. The maximum absolute atomic E-state index is 10.5. The molecule has 84 valence electrons. The van der Waals surface area contributed by atoms with Crippen LogP contribution in [0.1, 0.15) is 5.56 Å². The van der Waals surface area contributed by atoms with E-state index in [1.54, 1.807) is 7.11 Å². The second kappa shape index (κ2) is 4.37. The van der Waals surface area contributed by atoms with Gasteiger partial charge in [-0.2, -0.15) is 0 Å². The molecule has 1 heterocycles. The van der Waals surface area contributed by atoms with Crippen molar-refractivity contribution in [1.82, 2.24) is 4.98 Å². The fraction of sp³-hybridized carbons (Fsp3) is 0.250. The van der Waals surface area contributed by atoms with Crippen LogP contribution in [0.3, 0.4) is 0 Å². The summed E-state index contributed by atoms with van der Waals surface area (Å²) >= 11 is 0. The van der Waals surface area contributed by atoms with Crippen LogP contribution in [0, 0.1) is 0 Å². The molecule has 1 aromatic carbocycles. The van der Waals surface area contributed by atoms with E-state index < -0.39 is 6.04 Å². The maximum atomic E-state index is 10.5. The third-order valence-corrected chi connectivity index (χ3v) is 2.60. The normalized spacial score (nSPS) is 12.6. The van der Waals surface area contributed by atoms with Crippen LogP contribution >= 0.6 is 0 Å². The third kappa shape index (κ3) is 1.92. The Morgan fingerprint density at radius 1 is 1.56 bits per heavy atom. The standard InChI is InChI=1S/C12H14N2O2/c1-16-10-2-3-12-11(5-10)8(6-14-12)4-9(13)7-15/h2-3,5-7,9,14H,4,13H2,1H3/t9-/m1/s1. The van der Waals surface area contributed by atoms with E-state index in [0.717, 1.165) is 28.5 Å². The predicted octanol–water partition coefficient (Wildman–Crippen LogP) is 1.25. The van der Waals surface area contributed by atoms with Crippen molar-refractivity contribution in [2.75, 3.05) is 7.11 Å². The number of carbonyl (C=O) groups is 1. The van der Waals surface area contributed by atoms with Crippen LogP contribution in [0.2, 0.25) is 0 Å². The molecule has 0 amide bonds. The first kappa shape index (κ1) is 10.7. The minimum absolute atomic E-state index is 0.454. The summed E-state index contributed by atoms with van der Waals surface area (Å²) in [6, 6.07) is 5.33. The van der Waals surface area contributed by atoms with Gasteiger partial charge in [0.05, 0.1) is 13.2 Å². The first-order valence-corrected chi connectivity index (χ1v) is 5.09. The number of rotatable bonds is 4. The highest BCUT2D eigenvalue weighted by Gasteiger charge is 2.08. The number of carbonyl (C=O) groups excluding carboxylic acids is 1. The molecule has 4 nitrogen and oxygen atoms in total. The van der Waals surface area contributed by atoms with Gasteiger partial charge >= 0.3 is 0 Å². The molecule has 0 fully saturated rings. The first-order chi connectivity index (χ1) is 7.74. The van der Waals surface area contributed by atoms with Gasteiger partial charge in [0.1, 0.15) is 12.0 Å². The number of ether oxygens (including phenoxy) is 1. The van der Waals surface area contributed by atoms with Crippen molar-refractivity contribution >= 4 is 17.2 Å². The number of nitrogens with two attached hydrogens (primary N) is 1. The summed E-state index contributed by atoms with van der Waals surface area (Å²) in [5.41, 5.74) is 7.67. The fourth-order valence-corrected chi connectivity index (χ4v) is 1.76. The lowest BCUT2D eigenvalue weighted by molar-refractivity contribution is -0.108. The molecule has 1 atom stereocenters. The van der Waals surface area contributed by atoms with E-state index in [9.17, 15) is 4.79 Å². The van der Waals surface area contributed by atoms with Crippen molar-refractivity contribution < 1.29 is 9.53 Å². The first-order valence-electron chi connectivity index (χ1n) is 5.09. The van der Waals surface area contributed by atoms with Gasteiger partial charge in [-0.15, -0.1) is 0 Å². The number of aromatic nitrogens is 1. The topological polar surface area (TPSA) is 68.1 Å². The second-order valence-electron chi connectivity index (χ2n) is 3.73. The van der Waals surface area contributed by atoms with Gasteiger partial charge in [0, 0.05) is 17.1 Å². The summed E-state index contributed by atoms with van der Waals surface area (Å²) in [4.78, 5) is 13.7. The van der Waals surface area contributed by atoms with Gasteiger partial charge in [0.25, 0.3) is 0 Å². The summed E-state index contributed by atoms with van der Waals surface area (Å²) in [7, 11) is 1.63. The predicted molar refractivity (Wildman–Crippen MR) is 62.6 cm³/mol. The van der Waals surface area contributed by atoms with E-state index in [1.165, 1.54) is 0 Å². The smallest absolute Gasteiger partial charge is 0.137 e. The molecule has 2 aromatic rings. The highest BCUT2D eigenvalue weighted by Crippen LogP contribution is 2.24. The Kier molecular flexibility index (Phi) is 2.92. The number of fused-ring (bicyclic) bond motifs is 1. The molecule has 0 bridgehead atoms. The zero-order chi connectivity index (χ0) is 11.5. The van der Waals surface area contributed by atoms with Gasteiger partial charge in [0.15, 0.2) is 0 Å². The molecule has 1 aromatic heterocycles. The van der Waals surface area contributed by atoms with Crippen LogP contribution in [-0.4, -0.2) is 24.4 Å². The molecular formula is C12H14N2O2. The van der Waals surface area contributed by atoms with Gasteiger partial charge in [-0.25, -0.2) is 0 Å². The van der Waals surface area contributed by atoms with Crippen molar-refractivity contribution in [2.24, 2.45) is 5.73 Å². The molecule has 0 saturated heterocycles. The van der Waals surface area contributed by atoms with Crippen molar-refractivity contribution in [3.8, 4) is 5.75 Å². The van der Waals surface area contributed by atoms with Gasteiger partial charge in [-0.3, -0.25) is 0 Å². The summed E-state index contributed by atoms with van der Waals surface area (Å²) < 4.78 is 5.16. The van der Waals surface area contributed by atoms with Gasteiger partial charge < -0.3 is 20.2 Å². The van der Waals surface area contributed by atoms with E-state index in [0.29, 0.717) is 6.42 Å². The molecular weight excluding hydrogens is 204 g/mol. The number of hydrogen-bond acceptors (Lipinski definition) is 3. The minimum atomic E-state index is -0.454. The average Bonchev–Trinajstić information content (AvgIpc) is 2.71. The molecule has 3 N–H and O–H groups in total. The van der Waals surface area contributed by atoms with E-state index in [-0.39, 0.29) is 0 Å². The van der Waals surface area contributed by atoms with Crippen LogP contribution < -0.4 is 10.5 Å². The number of benzene rings is 1. The lowest BCUT2D eigenvalue weighted by Crippen LogP contribution is -2.23. The fourth-order valence-electron chi connectivity index (χ4n) is 1.76. The Morgan fingerprint density at radius 2 is 2.38 bits per heavy atom. The molecule has 2 rings (SSSR count). The van der Waals surface area contributed by atoms with Crippen LogP contribution in [0.5, 0.6) is 5.75 Å². The second-order valence-corrected chi connectivity index (χ2v) is 3.73. The monoisotopic (exact) mass is 218 g/mol. The Balaban J connectivity index is 2.41. The number of methoxy groups -OCH3 is 1. The molecule has 16 heavy (non-hydrogen) atoms. The summed E-state index contributed by atoms with van der Waals surface area (Å²) in [6.07, 6.45) is 3.18. The van der Waals surface area contributed by atoms with E-state index in [2.05, 4.69) is 4.98 Å². The molecule has 0 saturated carbocycles. The molecule has 0 aliphatic rings. The Hall–Kier alpha value is -1.81. The zero-order valence-corrected chi connectivity index (χ0v) is 9.07. The van der Waals surface area contributed by atoms with Gasteiger partial charge in [0.2, 0.25) is 0 Å². The molecule has 0 aliphatic heterocycles. The molecule has 0 radical (unpaired) electrons. The Labute approximate surface area is 93.4 Å². The quantitative estimate of drug-likeness (QED) is 0.759. The maximum Gasteiger partial charge on any atom is 0.137 e. The summed E-state index contributed by atoms with van der Waals surface area (Å²) in [5.74, 6) is 0.799. The number of H-pyrrole nitrogens is 1. The summed E-state index contributed by atoms with van der Waals surface area (Å²) in [5, 5.41) is 1.05. The molecule has 0 aliphatic carbocycles. The van der Waals surface area contributed by atoms with E-state index in [1.807, 2.05) is 24.4 Å². The number of aldehydes is 1. The van der Waals surface area contributed by atoms with Crippen molar-refractivity contribution in [3.63, 3.8) is 0 Å². The van der Waals surface area contributed by atoms with Crippen LogP contribution in [0.4, 0.5) is 0 Å². The van der Waals surface area contributed by atoms with Crippen molar-refractivity contribution in [3.05, 3.63) is 30.0 Å². The van der Waals surface area contributed by atoms with Crippen LogP contribution in [0.15, 0.2) is 24.4 Å². The van der Waals surface area contributed by atoms with Crippen molar-refractivity contribution in [1.29, 1.82) is 0 Å². The average molecular weight is 218 g/mol.